The first-order valence-corrected chi connectivity index (χ1v) is 20.7. The van der Waals surface area contributed by atoms with Gasteiger partial charge >= 0.3 is 12.1 Å². The molecule has 4 N–H and O–H groups in total. The number of hydrogen-bond acceptors (Lipinski definition) is 12. The third-order valence-corrected chi connectivity index (χ3v) is 12.5. The number of halogens is 1. The molecule has 58 heavy (non-hydrogen) atoms. The van der Waals surface area contributed by atoms with Crippen LogP contribution in [0.1, 0.15) is 66.7 Å². The van der Waals surface area contributed by atoms with E-state index in [1.165, 1.54) is 22.3 Å². The van der Waals surface area contributed by atoms with Gasteiger partial charge in [-0.15, -0.1) is 17.9 Å². The van der Waals surface area contributed by atoms with Gasteiger partial charge in [0, 0.05) is 35.2 Å². The lowest BCUT2D eigenvalue weighted by atomic mass is 9.85. The van der Waals surface area contributed by atoms with E-state index >= 15 is 0 Å². The minimum absolute atomic E-state index is 0.00636. The molecule has 2 aromatic heterocycles. The fourth-order valence-corrected chi connectivity index (χ4v) is 9.22. The van der Waals surface area contributed by atoms with Crippen molar-refractivity contribution in [1.29, 1.82) is 5.26 Å². The summed E-state index contributed by atoms with van der Waals surface area (Å²) in [5.74, 6) is -1.14. The highest BCUT2D eigenvalue weighted by molar-refractivity contribution is 7.14. The molecule has 308 valence electrons. The Bertz CT molecular complexity index is 2170. The van der Waals surface area contributed by atoms with Crippen LogP contribution in [0.25, 0.3) is 22.3 Å². The number of aromatic nitrogens is 2. The Balaban J connectivity index is 1.21. The summed E-state index contributed by atoms with van der Waals surface area (Å²) in [6.45, 7) is 12.8. The van der Waals surface area contributed by atoms with Crippen LogP contribution in [-0.4, -0.2) is 92.9 Å². The summed E-state index contributed by atoms with van der Waals surface area (Å²) in [5, 5.41) is 31.2. The summed E-state index contributed by atoms with van der Waals surface area (Å²) in [7, 11) is 0. The van der Waals surface area contributed by atoms with Crippen molar-refractivity contribution in [2.75, 3.05) is 18.5 Å². The Kier molecular flexibility index (Phi) is 11.2. The van der Waals surface area contributed by atoms with Crippen LogP contribution in [0.5, 0.6) is 11.5 Å². The molecule has 3 saturated carbocycles. The Morgan fingerprint density at radius 1 is 1.12 bits per heavy atom. The number of likely N-dealkylation sites (tertiary alicyclic amines) is 1. The van der Waals surface area contributed by atoms with E-state index in [4.69, 9.17) is 41.0 Å². The van der Waals surface area contributed by atoms with Gasteiger partial charge in [-0.3, -0.25) is 9.59 Å². The maximum absolute atomic E-state index is 14.7. The van der Waals surface area contributed by atoms with E-state index in [9.17, 15) is 24.3 Å². The first-order chi connectivity index (χ1) is 27.5. The molecular weight excluding hydrogens is 786 g/mol. The summed E-state index contributed by atoms with van der Waals surface area (Å²) in [5.41, 5.74) is -1.07. The van der Waals surface area contributed by atoms with Crippen LogP contribution in [0.4, 0.5) is 9.93 Å². The number of fused-ring (bicyclic) bond motifs is 2. The normalized spacial score (nSPS) is 26.3. The number of rotatable bonds is 14. The number of alkyl carbamates (subject to hydrolysis) is 1. The van der Waals surface area contributed by atoms with E-state index < -0.39 is 58.9 Å². The highest BCUT2D eigenvalue weighted by Gasteiger charge is 2.61. The molecule has 1 aromatic carbocycles. The van der Waals surface area contributed by atoms with Crippen LogP contribution in [0.2, 0.25) is 5.02 Å². The van der Waals surface area contributed by atoms with Gasteiger partial charge in [0.15, 0.2) is 11.7 Å². The molecule has 15 nitrogen and oxygen atoms in total. The van der Waals surface area contributed by atoms with E-state index in [2.05, 4.69) is 22.5 Å². The standard InChI is InChI=1S/C41H48ClN7O8S/c1-7-23-17-41(23,37(52)53)48-35(50)29-15-25(18-49(29)36(51)34(40(4,5)6)47-39(54)57-24-13-21-12-22(21)14-24)56-31-16-27(28-19-58-38(46-28)44-20(2)3)45-33-26(31)8-9-30(32(33)42)55-11-10-43/h7-9,16,19-25,29,34H,1,11-15,17-18H2,2-6H3,(H,44,46)(H,47,54)(H,48,50)(H,52,53)/t21-,22+,23-,24+,25-,29+,34-,41-/m1/s1. The molecule has 3 amide bonds. The lowest BCUT2D eigenvalue weighted by molar-refractivity contribution is -0.146. The summed E-state index contributed by atoms with van der Waals surface area (Å²) >= 11 is 8.24. The van der Waals surface area contributed by atoms with E-state index in [0.29, 0.717) is 45.0 Å². The van der Waals surface area contributed by atoms with Crippen LogP contribution in [0.15, 0.2) is 36.2 Å². The first-order valence-electron chi connectivity index (χ1n) is 19.5. The van der Waals surface area contributed by atoms with Crippen molar-refractivity contribution in [3.05, 3.63) is 41.3 Å². The Labute approximate surface area is 345 Å². The minimum atomic E-state index is -1.55. The van der Waals surface area contributed by atoms with E-state index in [1.807, 2.05) is 46.1 Å². The maximum atomic E-state index is 14.7. The van der Waals surface area contributed by atoms with Gasteiger partial charge in [-0.1, -0.05) is 38.4 Å². The van der Waals surface area contributed by atoms with Crippen molar-refractivity contribution < 1.29 is 38.5 Å². The number of nitrogens with zero attached hydrogens (tertiary/aromatic N) is 4. The summed E-state index contributed by atoms with van der Waals surface area (Å²) in [6.07, 6.45) is 2.72. The van der Waals surface area contributed by atoms with Gasteiger partial charge in [0.1, 0.15) is 58.1 Å². The molecule has 1 aliphatic heterocycles. The number of aliphatic carboxylic acids is 1. The molecule has 0 bridgehead atoms. The second kappa shape index (κ2) is 15.9. The SMILES string of the molecule is C=C[C@@H]1C[C@]1(NC(=O)[C@@H]1C[C@@H](Oc2cc(-c3csc(NC(C)C)n3)nc3c(Cl)c(OCC#N)ccc23)CN1C(=O)[C@@H](NC(=O)O[C@@H]1C[C@@H]2C[C@@H]2C1)C(C)(C)C)C(=O)O. The van der Waals surface area contributed by atoms with Crippen LogP contribution >= 0.6 is 22.9 Å². The predicted octanol–water partition coefficient (Wildman–Crippen LogP) is 6.17. The van der Waals surface area contributed by atoms with E-state index in [-0.39, 0.29) is 48.9 Å². The summed E-state index contributed by atoms with van der Waals surface area (Å²) < 4.78 is 18.0. The second-order valence-electron chi connectivity index (χ2n) is 17.1. The van der Waals surface area contributed by atoms with Crippen LogP contribution in [0.3, 0.4) is 0 Å². The fourth-order valence-electron chi connectivity index (χ4n) is 8.11. The van der Waals surface area contributed by atoms with Gasteiger partial charge in [-0.05, 0) is 68.9 Å². The highest BCUT2D eigenvalue weighted by atomic mass is 35.5. The Morgan fingerprint density at radius 3 is 2.50 bits per heavy atom. The topological polar surface area (TPSA) is 205 Å². The Hall–Kier alpha value is -5.14. The number of nitrogens with one attached hydrogen (secondary N) is 3. The molecular formula is C41H48ClN7O8S. The third kappa shape index (κ3) is 8.38. The molecule has 3 heterocycles. The van der Waals surface area contributed by atoms with Crippen LogP contribution < -0.4 is 25.4 Å². The zero-order chi connectivity index (χ0) is 41.7. The zero-order valence-electron chi connectivity index (χ0n) is 33.0. The number of amides is 3. The van der Waals surface area contributed by atoms with Gasteiger partial charge in [0.05, 0.1) is 17.8 Å². The Morgan fingerprint density at radius 2 is 1.86 bits per heavy atom. The second-order valence-corrected chi connectivity index (χ2v) is 18.3. The molecule has 3 aliphatic carbocycles. The number of thiazole rings is 1. The van der Waals surface area contributed by atoms with Gasteiger partial charge < -0.3 is 40.2 Å². The monoisotopic (exact) mass is 833 g/mol. The molecule has 0 spiro atoms. The fraction of sp³-hybridized carbons (Fsp3) is 0.537. The number of carbonyl (C=O) groups excluding carboxylic acids is 3. The number of carbonyl (C=O) groups is 4. The number of pyridine rings is 1. The smallest absolute Gasteiger partial charge is 0.408 e. The van der Waals surface area contributed by atoms with E-state index in [1.54, 1.807) is 18.2 Å². The molecule has 7 rings (SSSR count). The number of hydrogen-bond donors (Lipinski definition) is 4. The van der Waals surface area contributed by atoms with Crippen molar-refractivity contribution >= 4 is 62.8 Å². The predicted molar refractivity (Wildman–Crippen MR) is 217 cm³/mol. The van der Waals surface area contributed by atoms with Gasteiger partial charge in [0.2, 0.25) is 11.8 Å². The third-order valence-electron chi connectivity index (χ3n) is 11.3. The average molecular weight is 834 g/mol. The average Bonchev–Trinajstić information content (AvgIpc) is 3.83. The minimum Gasteiger partial charge on any atom is -0.488 e. The lowest BCUT2D eigenvalue weighted by Gasteiger charge is -2.35. The molecule has 4 fully saturated rings. The molecule has 8 atom stereocenters. The number of nitriles is 1. The van der Waals surface area contributed by atoms with Crippen molar-refractivity contribution in [3.63, 3.8) is 0 Å². The quantitative estimate of drug-likeness (QED) is 0.135. The molecule has 1 saturated heterocycles. The molecule has 4 aliphatic rings. The van der Waals surface area contributed by atoms with Crippen LogP contribution in [-0.2, 0) is 19.1 Å². The van der Waals surface area contributed by atoms with Crippen molar-refractivity contribution in [3.8, 4) is 29.0 Å². The van der Waals surface area contributed by atoms with Crippen molar-refractivity contribution in [2.45, 2.75) is 103 Å². The molecule has 17 heteroatoms. The summed E-state index contributed by atoms with van der Waals surface area (Å²) in [4.78, 5) is 65.4. The van der Waals surface area contributed by atoms with Gasteiger partial charge in [0.25, 0.3) is 0 Å². The summed E-state index contributed by atoms with van der Waals surface area (Å²) in [6, 6.07) is 4.84. The number of ether oxygens (including phenoxy) is 3. The molecule has 0 unspecified atom stereocenters. The molecule has 0 radical (unpaired) electrons. The van der Waals surface area contributed by atoms with Crippen LogP contribution in [0, 0.1) is 34.5 Å². The zero-order valence-corrected chi connectivity index (χ0v) is 34.6. The van der Waals surface area contributed by atoms with Crippen molar-refractivity contribution in [2.24, 2.45) is 23.2 Å². The largest absolute Gasteiger partial charge is 0.488 e. The highest BCUT2D eigenvalue weighted by Crippen LogP contribution is 2.52. The number of carboxylic acid groups (broad SMARTS) is 1. The van der Waals surface area contributed by atoms with Gasteiger partial charge in [-0.25, -0.2) is 19.6 Å². The number of carboxylic acids is 1. The number of benzene rings is 1. The van der Waals surface area contributed by atoms with Crippen molar-refractivity contribution in [1.82, 2.24) is 25.5 Å². The number of anilines is 1. The maximum Gasteiger partial charge on any atom is 0.408 e. The lowest BCUT2D eigenvalue weighted by Crippen LogP contribution is -2.59. The first kappa shape index (κ1) is 41.0. The molecule has 3 aromatic rings. The van der Waals surface area contributed by atoms with E-state index in [0.717, 1.165) is 19.3 Å². The van der Waals surface area contributed by atoms with Gasteiger partial charge in [-0.2, -0.15) is 5.26 Å².